The van der Waals surface area contributed by atoms with Gasteiger partial charge < -0.3 is 21.3 Å². The second-order valence-corrected chi connectivity index (χ2v) is 11.3. The summed E-state index contributed by atoms with van der Waals surface area (Å²) in [5, 5.41) is 9.71. The van der Waals surface area contributed by atoms with Crippen molar-refractivity contribution in [1.82, 2.24) is 39.3 Å². The molecule has 5 heterocycles. The van der Waals surface area contributed by atoms with Gasteiger partial charge in [0.1, 0.15) is 6.54 Å². The van der Waals surface area contributed by atoms with E-state index in [0.717, 1.165) is 6.20 Å². The number of amides is 2. The van der Waals surface area contributed by atoms with E-state index in [9.17, 15) is 31.5 Å². The molecule has 2 aliphatic rings. The summed E-state index contributed by atoms with van der Waals surface area (Å²) < 4.78 is 68.6. The van der Waals surface area contributed by atoms with Crippen LogP contribution in [0, 0.1) is 0 Å². The average Bonchev–Trinajstić information content (AvgIpc) is 3.79. The Bertz CT molecular complexity index is 1710. The van der Waals surface area contributed by atoms with E-state index in [1.165, 1.54) is 61.1 Å². The van der Waals surface area contributed by atoms with Crippen LogP contribution in [0.3, 0.4) is 0 Å². The van der Waals surface area contributed by atoms with Crippen molar-refractivity contribution in [3.63, 3.8) is 0 Å². The number of alkyl halides is 5. The molecular weight excluding hydrogens is 651 g/mol. The SMILES string of the molecule is C1CCNC1.NC(=O)CN1CCN(C(=O)c2ccc(Nc3nccn4c(-c5cn(CC(F)F)nc5C(F)(F)F)cnc34)cc2Cl)CC1. The summed E-state index contributed by atoms with van der Waals surface area (Å²) in [5.74, 6) is -0.557. The minimum absolute atomic E-state index is 0.0294. The number of primary amides is 1. The molecule has 0 atom stereocenters. The molecule has 3 aromatic heterocycles. The molecule has 0 bridgehead atoms. The van der Waals surface area contributed by atoms with E-state index < -0.39 is 36.3 Å². The molecule has 2 saturated heterocycles. The number of nitrogens with two attached hydrogens (primary N) is 1. The Morgan fingerprint density at radius 3 is 2.40 bits per heavy atom. The summed E-state index contributed by atoms with van der Waals surface area (Å²) in [5.41, 5.74) is 4.29. The Morgan fingerprint density at radius 2 is 1.81 bits per heavy atom. The van der Waals surface area contributed by atoms with E-state index in [1.807, 2.05) is 4.90 Å². The first-order valence-corrected chi connectivity index (χ1v) is 15.1. The fraction of sp³-hybridized carbons (Fsp3) is 0.414. The number of aromatic nitrogens is 5. The Balaban J connectivity index is 0.000000792. The van der Waals surface area contributed by atoms with Gasteiger partial charge in [-0.25, -0.2) is 18.7 Å². The normalized spacial score (nSPS) is 15.6. The maximum Gasteiger partial charge on any atom is 0.435 e. The van der Waals surface area contributed by atoms with Crippen molar-refractivity contribution in [2.75, 3.05) is 51.1 Å². The van der Waals surface area contributed by atoms with Crippen molar-refractivity contribution in [2.24, 2.45) is 5.73 Å². The van der Waals surface area contributed by atoms with Crippen LogP contribution in [0.2, 0.25) is 5.02 Å². The molecule has 2 aliphatic heterocycles. The molecule has 0 unspecified atom stereocenters. The van der Waals surface area contributed by atoms with E-state index in [4.69, 9.17) is 17.3 Å². The molecule has 4 N–H and O–H groups in total. The fourth-order valence-electron chi connectivity index (χ4n) is 5.29. The second kappa shape index (κ2) is 14.6. The van der Waals surface area contributed by atoms with Crippen LogP contribution in [0.4, 0.5) is 33.5 Å². The highest BCUT2D eigenvalue weighted by Gasteiger charge is 2.38. The molecule has 47 heavy (non-hydrogen) atoms. The zero-order chi connectivity index (χ0) is 33.7. The highest BCUT2D eigenvalue weighted by molar-refractivity contribution is 6.34. The Labute approximate surface area is 270 Å². The zero-order valence-corrected chi connectivity index (χ0v) is 25.7. The highest BCUT2D eigenvalue weighted by atomic mass is 35.5. The Kier molecular flexibility index (Phi) is 10.6. The molecule has 18 heteroatoms. The number of nitrogens with one attached hydrogen (secondary N) is 2. The third kappa shape index (κ3) is 8.33. The summed E-state index contributed by atoms with van der Waals surface area (Å²) >= 11 is 6.44. The second-order valence-electron chi connectivity index (χ2n) is 10.9. The van der Waals surface area contributed by atoms with Gasteiger partial charge in [-0.05, 0) is 44.1 Å². The van der Waals surface area contributed by atoms with Crippen LogP contribution in [-0.4, -0.2) is 98.0 Å². The number of nitrogens with zero attached hydrogens (tertiary/aromatic N) is 7. The van der Waals surface area contributed by atoms with Gasteiger partial charge in [-0.2, -0.15) is 18.3 Å². The first-order valence-electron chi connectivity index (χ1n) is 14.7. The molecule has 0 saturated carbocycles. The molecule has 0 radical (unpaired) electrons. The number of carbonyl (C=O) groups is 2. The summed E-state index contributed by atoms with van der Waals surface area (Å²) in [6.45, 7) is 3.39. The summed E-state index contributed by atoms with van der Waals surface area (Å²) in [6, 6.07) is 4.63. The molecule has 4 aromatic rings. The molecule has 2 amide bonds. The summed E-state index contributed by atoms with van der Waals surface area (Å²) in [7, 11) is 0. The number of fused-ring (bicyclic) bond motifs is 1. The van der Waals surface area contributed by atoms with Gasteiger partial charge in [0.2, 0.25) is 5.91 Å². The Hall–Kier alpha value is -4.35. The molecule has 252 valence electrons. The maximum absolute atomic E-state index is 13.7. The van der Waals surface area contributed by atoms with E-state index in [1.54, 1.807) is 11.0 Å². The van der Waals surface area contributed by atoms with Crippen molar-refractivity contribution < 1.29 is 31.5 Å². The van der Waals surface area contributed by atoms with Gasteiger partial charge in [0.25, 0.3) is 12.3 Å². The summed E-state index contributed by atoms with van der Waals surface area (Å²) in [6.07, 6.45) is -0.236. The maximum atomic E-state index is 13.7. The standard InChI is InChI=1S/C25H23ClF5N9O2.C4H9N/c26-17-9-14(1-2-15(17)24(42)38-7-5-37(6-8-38)13-20(32)41)35-22-23-34-10-18(40(23)4-3-33-22)16-11-39(12-19(27)28)36-21(16)25(29,30)31;1-2-4-5-3-1/h1-4,9-11,19H,5-8,12-13H2,(H2,32,41)(H,33,35);5H,1-4H2. The minimum Gasteiger partial charge on any atom is -0.369 e. The van der Waals surface area contributed by atoms with E-state index in [0.29, 0.717) is 36.5 Å². The predicted molar refractivity (Wildman–Crippen MR) is 164 cm³/mol. The zero-order valence-electron chi connectivity index (χ0n) is 25.0. The van der Waals surface area contributed by atoms with Gasteiger partial charge in [0.05, 0.1) is 34.6 Å². The van der Waals surface area contributed by atoms with Crippen LogP contribution in [-0.2, 0) is 17.5 Å². The van der Waals surface area contributed by atoms with Crippen molar-refractivity contribution in [2.45, 2.75) is 32.0 Å². The molecule has 2 fully saturated rings. The lowest BCUT2D eigenvalue weighted by atomic mass is 10.1. The van der Waals surface area contributed by atoms with Crippen molar-refractivity contribution >= 4 is 40.6 Å². The van der Waals surface area contributed by atoms with Gasteiger partial charge in [-0.15, -0.1) is 0 Å². The van der Waals surface area contributed by atoms with Crippen LogP contribution in [0.1, 0.15) is 28.9 Å². The Morgan fingerprint density at radius 1 is 1.09 bits per heavy atom. The van der Waals surface area contributed by atoms with Crippen LogP contribution >= 0.6 is 11.6 Å². The van der Waals surface area contributed by atoms with Crippen LogP contribution < -0.4 is 16.4 Å². The number of hydrogen-bond donors (Lipinski definition) is 3. The van der Waals surface area contributed by atoms with E-state index >= 15 is 0 Å². The molecule has 1 aromatic carbocycles. The predicted octanol–water partition coefficient (Wildman–Crippen LogP) is 3.89. The highest BCUT2D eigenvalue weighted by Crippen LogP contribution is 2.37. The van der Waals surface area contributed by atoms with Crippen LogP contribution in [0.15, 0.2) is 43.0 Å². The monoisotopic (exact) mass is 682 g/mol. The topological polar surface area (TPSA) is 139 Å². The number of anilines is 2. The third-order valence-electron chi connectivity index (χ3n) is 7.52. The van der Waals surface area contributed by atoms with Crippen molar-refractivity contribution in [1.29, 1.82) is 0 Å². The lowest BCUT2D eigenvalue weighted by molar-refractivity contribution is -0.141. The summed E-state index contributed by atoms with van der Waals surface area (Å²) in [4.78, 5) is 36.1. The molecule has 0 aliphatic carbocycles. The van der Waals surface area contributed by atoms with Gasteiger partial charge in [-0.1, -0.05) is 11.6 Å². The van der Waals surface area contributed by atoms with Crippen molar-refractivity contribution in [3.8, 4) is 11.3 Å². The number of hydrogen-bond acceptors (Lipinski definition) is 8. The van der Waals surface area contributed by atoms with Gasteiger partial charge in [0, 0.05) is 50.5 Å². The quantitative estimate of drug-likeness (QED) is 0.238. The number of carbonyl (C=O) groups excluding carboxylic acids is 2. The number of imidazole rings is 1. The minimum atomic E-state index is -4.89. The molecular formula is C29H32ClF5N10O2. The lowest BCUT2D eigenvalue weighted by Gasteiger charge is -2.34. The van der Waals surface area contributed by atoms with Crippen molar-refractivity contribution in [3.05, 3.63) is 59.3 Å². The largest absolute Gasteiger partial charge is 0.435 e. The number of benzene rings is 1. The average molecular weight is 683 g/mol. The number of piperazine rings is 1. The van der Waals surface area contributed by atoms with Gasteiger partial charge in [-0.3, -0.25) is 23.6 Å². The van der Waals surface area contributed by atoms with Gasteiger partial charge in [0.15, 0.2) is 17.2 Å². The van der Waals surface area contributed by atoms with E-state index in [2.05, 4.69) is 25.7 Å². The molecule has 12 nitrogen and oxygen atoms in total. The van der Waals surface area contributed by atoms with Gasteiger partial charge >= 0.3 is 6.18 Å². The first kappa shape index (κ1) is 34.0. The first-order chi connectivity index (χ1) is 22.4. The number of halogens is 6. The van der Waals surface area contributed by atoms with Crippen LogP contribution in [0.5, 0.6) is 0 Å². The van der Waals surface area contributed by atoms with Crippen LogP contribution in [0.25, 0.3) is 16.9 Å². The number of rotatable bonds is 8. The smallest absolute Gasteiger partial charge is 0.369 e. The lowest BCUT2D eigenvalue weighted by Crippen LogP contribution is -2.50. The fourth-order valence-corrected chi connectivity index (χ4v) is 5.55. The molecule has 6 rings (SSSR count). The third-order valence-corrected chi connectivity index (χ3v) is 7.83. The van der Waals surface area contributed by atoms with E-state index in [-0.39, 0.29) is 40.2 Å². The molecule has 0 spiro atoms.